The molecule has 0 saturated heterocycles. The van der Waals surface area contributed by atoms with Gasteiger partial charge in [-0.3, -0.25) is 0 Å². The van der Waals surface area contributed by atoms with Gasteiger partial charge in [-0.1, -0.05) is 24.8 Å². The quantitative estimate of drug-likeness (QED) is 0.652. The van der Waals surface area contributed by atoms with Gasteiger partial charge in [-0.05, 0) is 6.07 Å². The fourth-order valence-electron chi connectivity index (χ4n) is 0.970. The summed E-state index contributed by atoms with van der Waals surface area (Å²) in [6.45, 7) is 3.65. The number of hydrogen-bond acceptors (Lipinski definition) is 2. The predicted octanol–water partition coefficient (Wildman–Crippen LogP) is 1.92. The maximum atomic E-state index is 5.63. The molecule has 58 valence electrons. The highest BCUT2D eigenvalue weighted by atomic mass is 16.5. The van der Waals surface area contributed by atoms with Crippen LogP contribution in [0.15, 0.2) is 24.8 Å². The fraction of sp³-hybridized carbons (Fsp3) is 0.111. The zero-order valence-electron chi connectivity index (χ0n) is 6.50. The second-order valence-corrected chi connectivity index (χ2v) is 2.17. The molecule has 0 saturated carbocycles. The Bertz CT molecular complexity index is 268. The Morgan fingerprint density at radius 2 is 2.27 bits per heavy atom. The van der Waals surface area contributed by atoms with E-state index in [1.165, 1.54) is 0 Å². The Balaban J connectivity index is 3.23. The topological polar surface area (TPSA) is 35.2 Å². The van der Waals surface area contributed by atoms with E-state index in [4.69, 9.17) is 10.5 Å². The molecule has 1 aromatic carbocycles. The molecule has 0 aliphatic carbocycles. The normalized spacial score (nSPS) is 9.18. The summed E-state index contributed by atoms with van der Waals surface area (Å²) >= 11 is 0. The number of methoxy groups -OCH3 is 1. The van der Waals surface area contributed by atoms with Crippen LogP contribution in [-0.2, 0) is 0 Å². The van der Waals surface area contributed by atoms with Crippen LogP contribution >= 0.6 is 0 Å². The van der Waals surface area contributed by atoms with E-state index in [1.54, 1.807) is 19.3 Å². The van der Waals surface area contributed by atoms with Gasteiger partial charge >= 0.3 is 0 Å². The second-order valence-electron chi connectivity index (χ2n) is 2.17. The van der Waals surface area contributed by atoms with Gasteiger partial charge in [0.25, 0.3) is 0 Å². The van der Waals surface area contributed by atoms with Gasteiger partial charge in [0.15, 0.2) is 0 Å². The Kier molecular flexibility index (Phi) is 2.16. The predicted molar refractivity (Wildman–Crippen MR) is 47.5 cm³/mol. The van der Waals surface area contributed by atoms with Crippen LogP contribution < -0.4 is 10.5 Å². The van der Waals surface area contributed by atoms with Crippen LogP contribution in [0.1, 0.15) is 5.56 Å². The number of hydrogen-bond donors (Lipinski definition) is 1. The Hall–Kier alpha value is -1.44. The minimum atomic E-state index is 0.643. The van der Waals surface area contributed by atoms with E-state index in [-0.39, 0.29) is 0 Å². The number of ether oxygens (including phenoxy) is 1. The van der Waals surface area contributed by atoms with Gasteiger partial charge in [0.1, 0.15) is 5.75 Å². The highest BCUT2D eigenvalue weighted by Gasteiger charge is 2.01. The molecule has 0 spiro atoms. The fourth-order valence-corrected chi connectivity index (χ4v) is 0.970. The molecule has 0 heterocycles. The minimum absolute atomic E-state index is 0.643. The van der Waals surface area contributed by atoms with E-state index in [2.05, 4.69) is 6.58 Å². The van der Waals surface area contributed by atoms with Crippen LogP contribution in [0.3, 0.4) is 0 Å². The van der Waals surface area contributed by atoms with Crippen molar-refractivity contribution in [1.82, 2.24) is 0 Å². The van der Waals surface area contributed by atoms with Gasteiger partial charge in [-0.25, -0.2) is 0 Å². The van der Waals surface area contributed by atoms with Crippen molar-refractivity contribution in [2.75, 3.05) is 12.8 Å². The van der Waals surface area contributed by atoms with Gasteiger partial charge < -0.3 is 10.5 Å². The maximum absolute atomic E-state index is 5.63. The Morgan fingerprint density at radius 1 is 1.55 bits per heavy atom. The first kappa shape index (κ1) is 7.66. The molecular formula is C9H11NO. The number of rotatable bonds is 2. The minimum Gasteiger partial charge on any atom is -0.494 e. The second kappa shape index (κ2) is 3.10. The largest absolute Gasteiger partial charge is 0.494 e. The van der Waals surface area contributed by atoms with E-state index in [0.717, 1.165) is 5.56 Å². The van der Waals surface area contributed by atoms with Crippen LogP contribution in [0.4, 0.5) is 5.69 Å². The molecule has 1 rings (SSSR count). The summed E-state index contributed by atoms with van der Waals surface area (Å²) in [5, 5.41) is 0. The van der Waals surface area contributed by atoms with Gasteiger partial charge in [0.05, 0.1) is 12.8 Å². The average Bonchev–Trinajstić information content (AvgIpc) is 2.04. The van der Waals surface area contributed by atoms with E-state index < -0.39 is 0 Å². The van der Waals surface area contributed by atoms with Crippen LogP contribution in [0.25, 0.3) is 6.08 Å². The van der Waals surface area contributed by atoms with Gasteiger partial charge in [-0.15, -0.1) is 0 Å². The molecule has 0 radical (unpaired) electrons. The van der Waals surface area contributed by atoms with Gasteiger partial charge in [0.2, 0.25) is 0 Å². The lowest BCUT2D eigenvalue weighted by Gasteiger charge is -2.06. The molecule has 0 unspecified atom stereocenters. The molecule has 2 heteroatoms. The molecule has 0 aromatic heterocycles. The van der Waals surface area contributed by atoms with E-state index in [1.807, 2.05) is 12.1 Å². The van der Waals surface area contributed by atoms with Crippen molar-refractivity contribution in [3.8, 4) is 5.75 Å². The standard InChI is InChI=1S/C9H11NO/c1-3-7-5-4-6-8(10)9(7)11-2/h3-6H,1,10H2,2H3. The zero-order chi connectivity index (χ0) is 8.27. The lowest BCUT2D eigenvalue weighted by Crippen LogP contribution is -1.93. The summed E-state index contributed by atoms with van der Waals surface area (Å²) in [5.74, 6) is 0.697. The number of benzene rings is 1. The third kappa shape index (κ3) is 1.34. The summed E-state index contributed by atoms with van der Waals surface area (Å²) in [7, 11) is 1.60. The Labute approximate surface area is 66.3 Å². The summed E-state index contributed by atoms with van der Waals surface area (Å²) in [6.07, 6.45) is 1.72. The number of para-hydroxylation sites is 1. The first-order valence-corrected chi connectivity index (χ1v) is 3.34. The van der Waals surface area contributed by atoms with Gasteiger partial charge in [0, 0.05) is 5.56 Å². The van der Waals surface area contributed by atoms with Crippen molar-refractivity contribution < 1.29 is 4.74 Å². The summed E-state index contributed by atoms with van der Waals surface area (Å²) in [4.78, 5) is 0. The first-order chi connectivity index (χ1) is 5.29. The molecule has 0 aliphatic rings. The Morgan fingerprint density at radius 3 is 2.73 bits per heavy atom. The van der Waals surface area contributed by atoms with Crippen molar-refractivity contribution in [3.05, 3.63) is 30.3 Å². The summed E-state index contributed by atoms with van der Waals surface area (Å²) in [5.41, 5.74) is 7.20. The van der Waals surface area contributed by atoms with Crippen molar-refractivity contribution in [1.29, 1.82) is 0 Å². The summed E-state index contributed by atoms with van der Waals surface area (Å²) in [6, 6.07) is 5.57. The molecule has 0 atom stereocenters. The molecule has 0 fully saturated rings. The smallest absolute Gasteiger partial charge is 0.148 e. The zero-order valence-corrected chi connectivity index (χ0v) is 6.50. The molecule has 2 N–H and O–H groups in total. The SMILES string of the molecule is C=Cc1cccc(N)c1OC. The van der Waals surface area contributed by atoms with Crippen molar-refractivity contribution >= 4 is 11.8 Å². The van der Waals surface area contributed by atoms with Gasteiger partial charge in [-0.2, -0.15) is 0 Å². The van der Waals surface area contributed by atoms with E-state index in [9.17, 15) is 0 Å². The first-order valence-electron chi connectivity index (χ1n) is 3.34. The lowest BCUT2D eigenvalue weighted by molar-refractivity contribution is 0.416. The molecule has 0 amide bonds. The number of anilines is 1. The molecule has 0 bridgehead atoms. The highest BCUT2D eigenvalue weighted by Crippen LogP contribution is 2.26. The lowest BCUT2D eigenvalue weighted by atomic mass is 10.2. The summed E-state index contributed by atoms with van der Waals surface area (Å²) < 4.78 is 5.07. The monoisotopic (exact) mass is 149 g/mol. The van der Waals surface area contributed by atoms with Crippen molar-refractivity contribution in [2.24, 2.45) is 0 Å². The molecule has 0 aliphatic heterocycles. The van der Waals surface area contributed by atoms with E-state index in [0.29, 0.717) is 11.4 Å². The third-order valence-corrected chi connectivity index (χ3v) is 1.50. The van der Waals surface area contributed by atoms with E-state index >= 15 is 0 Å². The third-order valence-electron chi connectivity index (χ3n) is 1.50. The number of nitrogen functional groups attached to an aromatic ring is 1. The van der Waals surface area contributed by atoms with Crippen molar-refractivity contribution in [2.45, 2.75) is 0 Å². The van der Waals surface area contributed by atoms with Crippen LogP contribution in [-0.4, -0.2) is 7.11 Å². The molecular weight excluding hydrogens is 138 g/mol. The molecule has 11 heavy (non-hydrogen) atoms. The number of nitrogens with two attached hydrogens (primary N) is 1. The maximum Gasteiger partial charge on any atom is 0.148 e. The van der Waals surface area contributed by atoms with Crippen molar-refractivity contribution in [3.63, 3.8) is 0 Å². The van der Waals surface area contributed by atoms with Crippen LogP contribution in [0, 0.1) is 0 Å². The molecule has 2 nitrogen and oxygen atoms in total. The van der Waals surface area contributed by atoms with Crippen LogP contribution in [0.2, 0.25) is 0 Å². The van der Waals surface area contributed by atoms with Crippen LogP contribution in [0.5, 0.6) is 5.75 Å². The highest BCUT2D eigenvalue weighted by molar-refractivity contribution is 5.66. The average molecular weight is 149 g/mol. The molecule has 1 aromatic rings.